The van der Waals surface area contributed by atoms with Crippen molar-refractivity contribution in [1.82, 2.24) is 14.9 Å². The van der Waals surface area contributed by atoms with Crippen molar-refractivity contribution in [3.05, 3.63) is 71.8 Å². The molecule has 39 heavy (non-hydrogen) atoms. The van der Waals surface area contributed by atoms with Crippen molar-refractivity contribution in [3.63, 3.8) is 0 Å². The zero-order valence-electron chi connectivity index (χ0n) is 23.1. The maximum absolute atomic E-state index is 13.8. The van der Waals surface area contributed by atoms with E-state index in [0.717, 1.165) is 47.0 Å². The summed E-state index contributed by atoms with van der Waals surface area (Å²) in [6.45, 7) is 3.88. The normalized spacial score (nSPS) is 17.3. The summed E-state index contributed by atoms with van der Waals surface area (Å²) in [7, 11) is 3.32. The van der Waals surface area contributed by atoms with Crippen LogP contribution in [0.25, 0.3) is 0 Å². The summed E-state index contributed by atoms with van der Waals surface area (Å²) in [5.74, 6) is 3.02. The van der Waals surface area contributed by atoms with Crippen molar-refractivity contribution in [2.75, 3.05) is 32.3 Å². The minimum atomic E-state index is -0.0225. The molecule has 1 atom stereocenters. The topological polar surface area (TPSA) is 77.0 Å². The third-order valence-corrected chi connectivity index (χ3v) is 7.67. The lowest BCUT2D eigenvalue weighted by Crippen LogP contribution is -2.53. The monoisotopic (exact) mass is 530 g/mol. The van der Waals surface area contributed by atoms with Gasteiger partial charge < -0.3 is 19.1 Å². The van der Waals surface area contributed by atoms with E-state index in [-0.39, 0.29) is 12.1 Å². The smallest absolute Gasteiger partial charge is 0.325 e. The summed E-state index contributed by atoms with van der Waals surface area (Å²) in [6, 6.07) is 13.9. The van der Waals surface area contributed by atoms with Crippen molar-refractivity contribution in [2.24, 2.45) is 5.92 Å². The molecule has 0 radical (unpaired) electrons. The summed E-state index contributed by atoms with van der Waals surface area (Å²) in [4.78, 5) is 25.9. The van der Waals surface area contributed by atoms with Crippen LogP contribution in [0.1, 0.15) is 55.8 Å². The van der Waals surface area contributed by atoms with Gasteiger partial charge in [-0.15, -0.1) is 0 Å². The number of urea groups is 1. The summed E-state index contributed by atoms with van der Waals surface area (Å²) < 4.78 is 17.4. The predicted molar refractivity (Wildman–Crippen MR) is 151 cm³/mol. The van der Waals surface area contributed by atoms with Crippen molar-refractivity contribution in [3.8, 4) is 17.2 Å². The van der Waals surface area contributed by atoms with Crippen LogP contribution in [-0.4, -0.2) is 54.3 Å². The quantitative estimate of drug-likeness (QED) is 0.273. The fourth-order valence-electron chi connectivity index (χ4n) is 5.13. The number of carbonyl (C=O) groups excluding carboxylic acids is 1. The number of carbonyl (C=O) groups is 1. The lowest BCUT2D eigenvalue weighted by Gasteiger charge is -2.40. The molecule has 2 fully saturated rings. The van der Waals surface area contributed by atoms with Gasteiger partial charge >= 0.3 is 6.03 Å². The molecule has 1 saturated carbocycles. The molecule has 0 bridgehead atoms. The van der Waals surface area contributed by atoms with Crippen molar-refractivity contribution in [1.29, 1.82) is 0 Å². The van der Waals surface area contributed by atoms with Gasteiger partial charge in [0.15, 0.2) is 11.5 Å². The molecule has 0 spiro atoms. The molecule has 0 N–H and O–H groups in total. The van der Waals surface area contributed by atoms with E-state index in [1.807, 2.05) is 40.1 Å². The predicted octanol–water partition coefficient (Wildman–Crippen LogP) is 5.87. The standard InChI is InChI=1S/C31H38N4O4/c1-22-13-15-34(27-10-11-28(37-2)30(19-27)39-16-4-5-23-6-7-23)31(36)35(22)20-25-9-8-24(18-29(25)38-3)17-26-12-14-32-21-33-26/h8-12,14,18-19,21-23H,4-7,13,15-17,20H2,1-3H3. The number of anilines is 1. The first-order chi connectivity index (χ1) is 19.1. The average Bonchev–Trinajstić information content (AvgIpc) is 3.79. The van der Waals surface area contributed by atoms with Crippen LogP contribution in [0.15, 0.2) is 55.0 Å². The highest BCUT2D eigenvalue weighted by molar-refractivity contribution is 5.93. The number of benzene rings is 2. The average molecular weight is 531 g/mol. The molecular formula is C31H38N4O4. The van der Waals surface area contributed by atoms with Gasteiger partial charge in [-0.2, -0.15) is 0 Å². The van der Waals surface area contributed by atoms with E-state index in [9.17, 15) is 4.79 Å². The van der Waals surface area contributed by atoms with Crippen molar-refractivity contribution in [2.45, 2.75) is 58.0 Å². The second-order valence-corrected chi connectivity index (χ2v) is 10.5. The Morgan fingerprint density at radius 3 is 2.56 bits per heavy atom. The SMILES string of the molecule is COc1cc(Cc2ccncn2)ccc1CN1C(=O)N(c2ccc(OC)c(OCCCC3CC3)c2)CCC1C. The number of methoxy groups -OCH3 is 2. The lowest BCUT2D eigenvalue weighted by molar-refractivity contribution is 0.165. The van der Waals surface area contributed by atoms with Gasteiger partial charge in [0, 0.05) is 48.2 Å². The van der Waals surface area contributed by atoms with E-state index in [1.54, 1.807) is 26.7 Å². The number of rotatable bonds is 12. The van der Waals surface area contributed by atoms with Gasteiger partial charge in [-0.05, 0) is 61.9 Å². The zero-order valence-corrected chi connectivity index (χ0v) is 23.1. The van der Waals surface area contributed by atoms with Crippen LogP contribution >= 0.6 is 0 Å². The maximum Gasteiger partial charge on any atom is 0.325 e. The first-order valence-corrected chi connectivity index (χ1v) is 13.9. The minimum Gasteiger partial charge on any atom is -0.496 e. The fraction of sp³-hybridized carbons (Fsp3) is 0.452. The molecule has 8 nitrogen and oxygen atoms in total. The van der Waals surface area contributed by atoms with Crippen LogP contribution in [0.3, 0.4) is 0 Å². The number of nitrogens with zero attached hydrogens (tertiary/aromatic N) is 4. The molecule has 1 aromatic heterocycles. The summed E-state index contributed by atoms with van der Waals surface area (Å²) in [5.41, 5.74) is 3.83. The van der Waals surface area contributed by atoms with Crippen LogP contribution in [0.5, 0.6) is 17.2 Å². The Balaban J connectivity index is 1.29. The number of hydrogen-bond donors (Lipinski definition) is 0. The number of amides is 2. The van der Waals surface area contributed by atoms with Gasteiger partial charge in [-0.25, -0.2) is 14.8 Å². The van der Waals surface area contributed by atoms with Crippen molar-refractivity contribution < 1.29 is 19.0 Å². The third kappa shape index (κ3) is 6.61. The Bertz CT molecular complexity index is 1260. The van der Waals surface area contributed by atoms with Crippen LogP contribution in [0, 0.1) is 5.92 Å². The highest BCUT2D eigenvalue weighted by atomic mass is 16.5. The molecule has 2 aromatic carbocycles. The molecule has 5 rings (SSSR count). The van der Waals surface area contributed by atoms with E-state index >= 15 is 0 Å². The number of aromatic nitrogens is 2. The zero-order chi connectivity index (χ0) is 27.2. The summed E-state index contributed by atoms with van der Waals surface area (Å²) in [6.07, 6.45) is 9.81. The molecule has 1 saturated heterocycles. The first kappa shape index (κ1) is 26.8. The van der Waals surface area contributed by atoms with Gasteiger partial charge in [0.25, 0.3) is 0 Å². The lowest BCUT2D eigenvalue weighted by atomic mass is 10.0. The minimum absolute atomic E-state index is 0.0225. The molecule has 2 aliphatic rings. The van der Waals surface area contributed by atoms with Gasteiger partial charge in [-0.3, -0.25) is 4.90 Å². The van der Waals surface area contributed by atoms with Gasteiger partial charge in [0.05, 0.1) is 27.4 Å². The molecule has 1 aliphatic heterocycles. The van der Waals surface area contributed by atoms with Gasteiger partial charge in [-0.1, -0.05) is 25.0 Å². The summed E-state index contributed by atoms with van der Waals surface area (Å²) in [5, 5.41) is 0. The van der Waals surface area contributed by atoms with Crippen molar-refractivity contribution >= 4 is 11.7 Å². The number of ether oxygens (including phenoxy) is 3. The Hall–Kier alpha value is -3.81. The van der Waals surface area contributed by atoms with E-state index in [0.29, 0.717) is 37.6 Å². The Kier molecular flexibility index (Phi) is 8.49. The molecule has 8 heteroatoms. The Morgan fingerprint density at radius 2 is 1.82 bits per heavy atom. The molecule has 1 unspecified atom stereocenters. The largest absolute Gasteiger partial charge is 0.496 e. The Morgan fingerprint density at radius 1 is 0.974 bits per heavy atom. The summed E-state index contributed by atoms with van der Waals surface area (Å²) >= 11 is 0. The Labute approximate surface area is 230 Å². The van der Waals surface area contributed by atoms with Crippen LogP contribution in [0.2, 0.25) is 0 Å². The second-order valence-electron chi connectivity index (χ2n) is 10.5. The van der Waals surface area contributed by atoms with E-state index in [4.69, 9.17) is 14.2 Å². The maximum atomic E-state index is 13.8. The van der Waals surface area contributed by atoms with Gasteiger partial charge in [0.1, 0.15) is 12.1 Å². The van der Waals surface area contributed by atoms with Gasteiger partial charge in [0.2, 0.25) is 0 Å². The van der Waals surface area contributed by atoms with E-state index in [1.165, 1.54) is 19.3 Å². The molecular weight excluding hydrogens is 492 g/mol. The second kappa shape index (κ2) is 12.4. The highest BCUT2D eigenvalue weighted by Gasteiger charge is 2.32. The van der Waals surface area contributed by atoms with Crippen LogP contribution in [-0.2, 0) is 13.0 Å². The molecule has 2 amide bonds. The van der Waals surface area contributed by atoms with Crippen LogP contribution < -0.4 is 19.1 Å². The highest BCUT2D eigenvalue weighted by Crippen LogP contribution is 2.36. The molecule has 3 aromatic rings. The first-order valence-electron chi connectivity index (χ1n) is 13.9. The van der Waals surface area contributed by atoms with E-state index in [2.05, 4.69) is 29.0 Å². The number of hydrogen-bond acceptors (Lipinski definition) is 6. The molecule has 206 valence electrons. The molecule has 1 aliphatic carbocycles. The third-order valence-electron chi connectivity index (χ3n) is 7.67. The van der Waals surface area contributed by atoms with E-state index < -0.39 is 0 Å². The fourth-order valence-corrected chi connectivity index (χ4v) is 5.13. The molecule has 2 heterocycles. The van der Waals surface area contributed by atoms with Crippen LogP contribution in [0.4, 0.5) is 10.5 Å².